The van der Waals surface area contributed by atoms with Crippen molar-refractivity contribution in [1.82, 2.24) is 0 Å². The van der Waals surface area contributed by atoms with Crippen molar-refractivity contribution < 1.29 is 23.8 Å². The normalized spacial score (nSPS) is 15.3. The molecular formula is C21H19BrO5. The first-order valence-electron chi connectivity index (χ1n) is 8.56. The molecule has 0 aromatic heterocycles. The Kier molecular flexibility index (Phi) is 5.65. The molecule has 2 aromatic rings. The van der Waals surface area contributed by atoms with E-state index in [-0.39, 0.29) is 18.1 Å². The minimum Gasteiger partial charge on any atom is -0.479 e. The highest BCUT2D eigenvalue weighted by molar-refractivity contribution is 9.10. The summed E-state index contributed by atoms with van der Waals surface area (Å²) in [6.45, 7) is 5.45. The lowest BCUT2D eigenvalue weighted by Crippen LogP contribution is -2.26. The van der Waals surface area contributed by atoms with E-state index in [0.29, 0.717) is 17.1 Å². The first-order valence-corrected chi connectivity index (χ1v) is 9.36. The van der Waals surface area contributed by atoms with Crippen LogP contribution < -0.4 is 9.47 Å². The molecule has 2 aromatic carbocycles. The maximum Gasteiger partial charge on any atom is 0.347 e. The lowest BCUT2D eigenvalue weighted by molar-refractivity contribution is -0.150. The molecule has 3 rings (SSSR count). The Hall–Kier alpha value is -2.60. The molecule has 0 fully saturated rings. The van der Waals surface area contributed by atoms with Gasteiger partial charge in [0, 0.05) is 10.5 Å². The molecule has 6 heteroatoms. The molecule has 140 valence electrons. The molecule has 1 aliphatic heterocycles. The number of benzene rings is 2. The van der Waals surface area contributed by atoms with Gasteiger partial charge < -0.3 is 14.2 Å². The van der Waals surface area contributed by atoms with Crippen LogP contribution in [-0.4, -0.2) is 24.5 Å². The fourth-order valence-corrected chi connectivity index (χ4v) is 3.03. The number of ketones is 1. The van der Waals surface area contributed by atoms with Crippen LogP contribution >= 0.6 is 15.9 Å². The number of Topliss-reactive ketones (excluding diaryl/α,β-unsaturated/α-hetero) is 1. The SMILES string of the molecule is CCOC(=O)C(C)Oc1cc(C)c2c(c1)O/C(=C\c1ccc(Br)cc1)C2=O. The van der Waals surface area contributed by atoms with Gasteiger partial charge in [0.05, 0.1) is 12.2 Å². The van der Waals surface area contributed by atoms with Gasteiger partial charge in [0.15, 0.2) is 11.9 Å². The predicted octanol–water partition coefficient (Wildman–Crippen LogP) is 4.70. The topological polar surface area (TPSA) is 61.8 Å². The summed E-state index contributed by atoms with van der Waals surface area (Å²) < 4.78 is 17.3. The minimum absolute atomic E-state index is 0.171. The third-order valence-electron chi connectivity index (χ3n) is 4.04. The summed E-state index contributed by atoms with van der Waals surface area (Å²) in [7, 11) is 0. The summed E-state index contributed by atoms with van der Waals surface area (Å²) in [4.78, 5) is 24.5. The van der Waals surface area contributed by atoms with Crippen molar-refractivity contribution in [3.05, 3.63) is 63.3 Å². The molecule has 5 nitrogen and oxygen atoms in total. The van der Waals surface area contributed by atoms with E-state index in [1.54, 1.807) is 32.1 Å². The van der Waals surface area contributed by atoms with Crippen LogP contribution in [0.15, 0.2) is 46.6 Å². The number of allylic oxidation sites excluding steroid dienone is 1. The molecule has 1 aliphatic rings. The van der Waals surface area contributed by atoms with Crippen molar-refractivity contribution >= 4 is 33.8 Å². The number of hydrogen-bond acceptors (Lipinski definition) is 5. The van der Waals surface area contributed by atoms with E-state index < -0.39 is 12.1 Å². The first kappa shape index (κ1) is 19.2. The van der Waals surface area contributed by atoms with Crippen molar-refractivity contribution in [3.63, 3.8) is 0 Å². The van der Waals surface area contributed by atoms with Gasteiger partial charge in [-0.25, -0.2) is 4.79 Å². The second-order valence-electron chi connectivity index (χ2n) is 6.12. The molecule has 0 N–H and O–H groups in total. The molecule has 0 amide bonds. The van der Waals surface area contributed by atoms with E-state index in [9.17, 15) is 9.59 Å². The second kappa shape index (κ2) is 7.96. The van der Waals surface area contributed by atoms with Crippen LogP contribution in [0.4, 0.5) is 0 Å². The van der Waals surface area contributed by atoms with Gasteiger partial charge in [0.25, 0.3) is 0 Å². The largest absolute Gasteiger partial charge is 0.479 e. The van der Waals surface area contributed by atoms with Crippen LogP contribution in [0.2, 0.25) is 0 Å². The molecule has 1 heterocycles. The predicted molar refractivity (Wildman–Crippen MR) is 105 cm³/mol. The van der Waals surface area contributed by atoms with Gasteiger partial charge in [-0.1, -0.05) is 28.1 Å². The standard InChI is InChI=1S/C21H19BrO5/c1-4-25-21(24)13(3)26-16-9-12(2)19-17(11-16)27-18(20(19)23)10-14-5-7-15(22)8-6-14/h5-11,13H,4H2,1-3H3/b18-10-. The number of ether oxygens (including phenoxy) is 3. The smallest absolute Gasteiger partial charge is 0.347 e. The monoisotopic (exact) mass is 430 g/mol. The van der Waals surface area contributed by atoms with Crippen molar-refractivity contribution in [2.45, 2.75) is 26.9 Å². The number of carbonyl (C=O) groups is 2. The van der Waals surface area contributed by atoms with Crippen LogP contribution in [0.5, 0.6) is 11.5 Å². The van der Waals surface area contributed by atoms with Gasteiger partial charge in [-0.3, -0.25) is 4.79 Å². The number of hydrogen-bond donors (Lipinski definition) is 0. The molecule has 1 atom stereocenters. The number of halogens is 1. The number of rotatable bonds is 5. The van der Waals surface area contributed by atoms with Gasteiger partial charge in [-0.15, -0.1) is 0 Å². The molecule has 1 unspecified atom stereocenters. The Morgan fingerprint density at radius 2 is 1.96 bits per heavy atom. The molecule has 0 aliphatic carbocycles. The van der Waals surface area contributed by atoms with Crippen molar-refractivity contribution in [3.8, 4) is 11.5 Å². The Morgan fingerprint density at radius 3 is 2.63 bits per heavy atom. The van der Waals surface area contributed by atoms with Gasteiger partial charge >= 0.3 is 5.97 Å². The zero-order valence-corrected chi connectivity index (χ0v) is 16.8. The van der Waals surface area contributed by atoms with Crippen LogP contribution in [0, 0.1) is 6.92 Å². The third kappa shape index (κ3) is 4.22. The lowest BCUT2D eigenvalue weighted by atomic mass is 10.0. The lowest BCUT2D eigenvalue weighted by Gasteiger charge is -2.14. The number of fused-ring (bicyclic) bond motifs is 1. The highest BCUT2D eigenvalue weighted by Crippen LogP contribution is 2.37. The molecule has 0 saturated heterocycles. The molecular weight excluding hydrogens is 412 g/mol. The highest BCUT2D eigenvalue weighted by atomic mass is 79.9. The molecule has 0 saturated carbocycles. The Morgan fingerprint density at radius 1 is 1.26 bits per heavy atom. The second-order valence-corrected chi connectivity index (χ2v) is 7.03. The van der Waals surface area contributed by atoms with E-state index in [1.165, 1.54) is 0 Å². The highest BCUT2D eigenvalue weighted by Gasteiger charge is 2.30. The zero-order valence-electron chi connectivity index (χ0n) is 15.2. The van der Waals surface area contributed by atoms with Crippen LogP contribution in [0.1, 0.15) is 35.3 Å². The molecule has 27 heavy (non-hydrogen) atoms. The summed E-state index contributed by atoms with van der Waals surface area (Å²) >= 11 is 3.38. The quantitative estimate of drug-likeness (QED) is 0.507. The zero-order chi connectivity index (χ0) is 19.6. The van der Waals surface area contributed by atoms with Crippen molar-refractivity contribution in [1.29, 1.82) is 0 Å². The summed E-state index contributed by atoms with van der Waals surface area (Å²) in [6.07, 6.45) is 0.952. The van der Waals surface area contributed by atoms with Gasteiger partial charge in [0.1, 0.15) is 11.5 Å². The van der Waals surface area contributed by atoms with Crippen molar-refractivity contribution in [2.24, 2.45) is 0 Å². The van der Waals surface area contributed by atoms with Crippen LogP contribution in [-0.2, 0) is 9.53 Å². The Bertz CT molecular complexity index is 915. The molecule has 0 spiro atoms. The van der Waals surface area contributed by atoms with E-state index in [4.69, 9.17) is 14.2 Å². The van der Waals surface area contributed by atoms with Gasteiger partial charge in [-0.05, 0) is 56.2 Å². The fourth-order valence-electron chi connectivity index (χ4n) is 2.77. The number of aryl methyl sites for hydroxylation is 1. The Balaban J connectivity index is 1.84. The van der Waals surface area contributed by atoms with Gasteiger partial charge in [-0.2, -0.15) is 0 Å². The maximum absolute atomic E-state index is 12.7. The minimum atomic E-state index is -0.753. The van der Waals surface area contributed by atoms with Crippen LogP contribution in [0.3, 0.4) is 0 Å². The summed E-state index contributed by atoms with van der Waals surface area (Å²) in [5.74, 6) is 0.517. The van der Waals surface area contributed by atoms with E-state index in [2.05, 4.69) is 15.9 Å². The van der Waals surface area contributed by atoms with E-state index in [0.717, 1.165) is 15.6 Å². The number of carbonyl (C=O) groups excluding carboxylic acids is 2. The summed E-state index contributed by atoms with van der Waals surface area (Å²) in [5.41, 5.74) is 2.09. The third-order valence-corrected chi connectivity index (χ3v) is 4.57. The fraction of sp³-hybridized carbons (Fsp3) is 0.238. The molecule has 0 radical (unpaired) electrons. The maximum atomic E-state index is 12.7. The first-order chi connectivity index (χ1) is 12.9. The average Bonchev–Trinajstić information content (AvgIpc) is 2.93. The summed E-state index contributed by atoms with van der Waals surface area (Å²) in [5, 5.41) is 0. The summed E-state index contributed by atoms with van der Waals surface area (Å²) in [6, 6.07) is 10.9. The van der Waals surface area contributed by atoms with Crippen molar-refractivity contribution in [2.75, 3.05) is 6.61 Å². The average molecular weight is 431 g/mol. The molecule has 0 bridgehead atoms. The van der Waals surface area contributed by atoms with Crippen LogP contribution in [0.25, 0.3) is 6.08 Å². The van der Waals surface area contributed by atoms with E-state index >= 15 is 0 Å². The van der Waals surface area contributed by atoms with Gasteiger partial charge in [0.2, 0.25) is 5.78 Å². The van der Waals surface area contributed by atoms with E-state index in [1.807, 2.05) is 31.2 Å². The Labute approximate surface area is 166 Å². The number of esters is 1.